The first-order valence-electron chi connectivity index (χ1n) is 6.84. The highest BCUT2D eigenvalue weighted by Gasteiger charge is 2.33. The van der Waals surface area contributed by atoms with Gasteiger partial charge in [-0.05, 0) is 36.5 Å². The minimum Gasteiger partial charge on any atom is -0.393 e. The highest BCUT2D eigenvalue weighted by molar-refractivity contribution is 7.89. The van der Waals surface area contributed by atoms with E-state index in [9.17, 15) is 13.5 Å². The zero-order chi connectivity index (χ0) is 14.9. The van der Waals surface area contributed by atoms with E-state index in [1.807, 2.05) is 13.0 Å². The third-order valence-electron chi connectivity index (χ3n) is 3.92. The summed E-state index contributed by atoms with van der Waals surface area (Å²) in [5, 5.41) is 9.72. The van der Waals surface area contributed by atoms with Crippen molar-refractivity contribution in [1.82, 2.24) is 4.31 Å². The molecule has 1 saturated heterocycles. The van der Waals surface area contributed by atoms with Gasteiger partial charge in [0.2, 0.25) is 10.0 Å². The normalized spacial score (nSPS) is 24.8. The van der Waals surface area contributed by atoms with E-state index in [1.54, 1.807) is 19.1 Å². The lowest BCUT2D eigenvalue weighted by Crippen LogP contribution is -2.45. The molecule has 1 aliphatic heterocycles. The van der Waals surface area contributed by atoms with Crippen molar-refractivity contribution in [3.8, 4) is 0 Å². The van der Waals surface area contributed by atoms with Crippen LogP contribution in [0.1, 0.15) is 24.5 Å². The molecule has 6 heteroatoms. The molecule has 0 bridgehead atoms. The number of aryl methyl sites for hydroxylation is 1. The molecule has 5 nitrogen and oxygen atoms in total. The molecule has 0 aromatic heterocycles. The molecule has 0 radical (unpaired) electrons. The molecule has 0 spiro atoms. The summed E-state index contributed by atoms with van der Waals surface area (Å²) < 4.78 is 26.8. The Morgan fingerprint density at radius 3 is 2.70 bits per heavy atom. The number of hydrogen-bond donors (Lipinski definition) is 2. The van der Waals surface area contributed by atoms with Gasteiger partial charge >= 0.3 is 0 Å². The molecule has 20 heavy (non-hydrogen) atoms. The van der Waals surface area contributed by atoms with Crippen molar-refractivity contribution in [2.75, 3.05) is 13.1 Å². The second-order valence-corrected chi connectivity index (χ2v) is 7.41. The maximum Gasteiger partial charge on any atom is 0.243 e. The lowest BCUT2D eigenvalue weighted by Gasteiger charge is -2.33. The summed E-state index contributed by atoms with van der Waals surface area (Å²) in [5.74, 6) is -0.0397. The quantitative estimate of drug-likeness (QED) is 0.866. The number of benzene rings is 1. The Morgan fingerprint density at radius 1 is 1.45 bits per heavy atom. The molecule has 2 atom stereocenters. The summed E-state index contributed by atoms with van der Waals surface area (Å²) in [4.78, 5) is 0.332. The van der Waals surface area contributed by atoms with Crippen molar-refractivity contribution in [1.29, 1.82) is 0 Å². The predicted molar refractivity (Wildman–Crippen MR) is 77.6 cm³/mol. The second kappa shape index (κ2) is 5.81. The second-order valence-electron chi connectivity index (χ2n) is 5.50. The fourth-order valence-corrected chi connectivity index (χ4v) is 4.34. The van der Waals surface area contributed by atoms with Crippen LogP contribution in [0.25, 0.3) is 0 Å². The molecule has 0 saturated carbocycles. The number of rotatable bonds is 3. The summed E-state index contributed by atoms with van der Waals surface area (Å²) in [6.45, 7) is 4.78. The Hall–Kier alpha value is -0.950. The van der Waals surface area contributed by atoms with Crippen LogP contribution in [0.15, 0.2) is 23.1 Å². The van der Waals surface area contributed by atoms with Gasteiger partial charge in [0.25, 0.3) is 0 Å². The van der Waals surface area contributed by atoms with Crippen molar-refractivity contribution in [3.05, 3.63) is 29.3 Å². The van der Waals surface area contributed by atoms with Crippen LogP contribution in [0.4, 0.5) is 0 Å². The maximum absolute atomic E-state index is 12.7. The molecule has 1 aliphatic rings. The summed E-state index contributed by atoms with van der Waals surface area (Å²) in [6, 6.07) is 5.19. The van der Waals surface area contributed by atoms with E-state index in [4.69, 9.17) is 5.73 Å². The predicted octanol–water partition coefficient (Wildman–Crippen LogP) is 0.845. The lowest BCUT2D eigenvalue weighted by atomic mass is 9.99. The van der Waals surface area contributed by atoms with Crippen LogP contribution in [-0.4, -0.2) is 37.0 Å². The zero-order valence-electron chi connectivity index (χ0n) is 11.9. The van der Waals surface area contributed by atoms with Gasteiger partial charge in [0.05, 0.1) is 11.0 Å². The number of sulfonamides is 1. The van der Waals surface area contributed by atoms with Crippen LogP contribution in [-0.2, 0) is 16.6 Å². The fourth-order valence-electron chi connectivity index (χ4n) is 2.58. The number of hydrogen-bond acceptors (Lipinski definition) is 4. The first-order chi connectivity index (χ1) is 9.36. The SMILES string of the molecule is Cc1cc(CN)ccc1S(=O)(=O)N1CCC(O)C(C)C1. The first-order valence-corrected chi connectivity index (χ1v) is 8.28. The third kappa shape index (κ3) is 2.88. The van der Waals surface area contributed by atoms with Crippen molar-refractivity contribution < 1.29 is 13.5 Å². The van der Waals surface area contributed by atoms with Crippen molar-refractivity contribution in [2.24, 2.45) is 11.7 Å². The summed E-state index contributed by atoms with van der Waals surface area (Å²) >= 11 is 0. The molecule has 2 unspecified atom stereocenters. The molecule has 0 amide bonds. The average Bonchev–Trinajstić information content (AvgIpc) is 2.41. The van der Waals surface area contributed by atoms with Crippen LogP contribution >= 0.6 is 0 Å². The Morgan fingerprint density at radius 2 is 2.15 bits per heavy atom. The van der Waals surface area contributed by atoms with E-state index < -0.39 is 16.1 Å². The molecule has 112 valence electrons. The average molecular weight is 298 g/mol. The van der Waals surface area contributed by atoms with Crippen LogP contribution in [0.2, 0.25) is 0 Å². The minimum absolute atomic E-state index is 0.0397. The van der Waals surface area contributed by atoms with E-state index >= 15 is 0 Å². The molecule has 1 aromatic rings. The highest BCUT2D eigenvalue weighted by atomic mass is 32.2. The fraction of sp³-hybridized carbons (Fsp3) is 0.571. The van der Waals surface area contributed by atoms with E-state index in [2.05, 4.69) is 0 Å². The summed E-state index contributed by atoms with van der Waals surface area (Å²) in [6.07, 6.45) is 0.0718. The van der Waals surface area contributed by atoms with Gasteiger partial charge in [-0.3, -0.25) is 0 Å². The van der Waals surface area contributed by atoms with Gasteiger partial charge in [0, 0.05) is 19.6 Å². The van der Waals surface area contributed by atoms with Gasteiger partial charge in [-0.2, -0.15) is 4.31 Å². The Bertz CT molecular complexity index is 586. The smallest absolute Gasteiger partial charge is 0.243 e. The van der Waals surface area contributed by atoms with Crippen LogP contribution < -0.4 is 5.73 Å². The van der Waals surface area contributed by atoms with Crippen LogP contribution in [0.3, 0.4) is 0 Å². The topological polar surface area (TPSA) is 83.6 Å². The van der Waals surface area contributed by atoms with Gasteiger partial charge < -0.3 is 10.8 Å². The molecule has 2 rings (SSSR count). The van der Waals surface area contributed by atoms with Crippen molar-refractivity contribution in [2.45, 2.75) is 37.8 Å². The highest BCUT2D eigenvalue weighted by Crippen LogP contribution is 2.26. The van der Waals surface area contributed by atoms with E-state index in [-0.39, 0.29) is 5.92 Å². The number of nitrogens with zero attached hydrogens (tertiary/aromatic N) is 1. The van der Waals surface area contributed by atoms with Gasteiger partial charge in [-0.25, -0.2) is 8.42 Å². The first kappa shape index (κ1) is 15.4. The van der Waals surface area contributed by atoms with E-state index in [0.717, 1.165) is 5.56 Å². The van der Waals surface area contributed by atoms with Crippen molar-refractivity contribution in [3.63, 3.8) is 0 Å². The minimum atomic E-state index is -3.49. The van der Waals surface area contributed by atoms with E-state index in [0.29, 0.717) is 36.5 Å². The van der Waals surface area contributed by atoms with Crippen LogP contribution in [0.5, 0.6) is 0 Å². The van der Waals surface area contributed by atoms with Gasteiger partial charge in [0.1, 0.15) is 0 Å². The largest absolute Gasteiger partial charge is 0.393 e. The Kier molecular flexibility index (Phi) is 4.49. The summed E-state index contributed by atoms with van der Waals surface area (Å²) in [5.41, 5.74) is 7.20. The monoisotopic (exact) mass is 298 g/mol. The Labute approximate surface area is 120 Å². The molecule has 1 aromatic carbocycles. The summed E-state index contributed by atoms with van der Waals surface area (Å²) in [7, 11) is -3.49. The number of aliphatic hydroxyl groups is 1. The van der Waals surface area contributed by atoms with E-state index in [1.165, 1.54) is 4.31 Å². The zero-order valence-corrected chi connectivity index (χ0v) is 12.7. The molecular formula is C14H22N2O3S. The lowest BCUT2D eigenvalue weighted by molar-refractivity contribution is 0.0628. The number of nitrogens with two attached hydrogens (primary N) is 1. The van der Waals surface area contributed by atoms with Crippen LogP contribution in [0, 0.1) is 12.8 Å². The number of aliphatic hydroxyl groups excluding tert-OH is 1. The van der Waals surface area contributed by atoms with Gasteiger partial charge in [0.15, 0.2) is 0 Å². The maximum atomic E-state index is 12.7. The molecule has 1 heterocycles. The third-order valence-corrected chi connectivity index (χ3v) is 5.94. The standard InChI is InChI=1S/C14H22N2O3S/c1-10-7-12(8-15)3-4-14(10)20(18,19)16-6-5-13(17)11(2)9-16/h3-4,7,11,13,17H,5-6,8-9,15H2,1-2H3. The van der Waals surface area contributed by atoms with Crippen molar-refractivity contribution >= 4 is 10.0 Å². The van der Waals surface area contributed by atoms with Gasteiger partial charge in [-0.15, -0.1) is 0 Å². The molecule has 0 aliphatic carbocycles. The molecule has 3 N–H and O–H groups in total. The Balaban J connectivity index is 2.31. The van der Waals surface area contributed by atoms with Gasteiger partial charge in [-0.1, -0.05) is 19.1 Å². The molecule has 1 fully saturated rings. The number of piperidine rings is 1. The molecular weight excluding hydrogens is 276 g/mol.